The number of Topliss-reactive ketones (excluding diaryl/α,β-unsaturated/α-hetero) is 1. The summed E-state index contributed by atoms with van der Waals surface area (Å²) in [4.78, 5) is 22.6. The van der Waals surface area contributed by atoms with Crippen LogP contribution in [-0.4, -0.2) is 16.9 Å². The Morgan fingerprint density at radius 3 is 2.80 bits per heavy atom. The third kappa shape index (κ3) is 2.57. The van der Waals surface area contributed by atoms with Crippen molar-refractivity contribution >= 4 is 11.8 Å². The van der Waals surface area contributed by atoms with Gasteiger partial charge < -0.3 is 9.84 Å². The number of ether oxygens (including phenoxy) is 1. The van der Waals surface area contributed by atoms with Gasteiger partial charge in [-0.1, -0.05) is 13.8 Å². The highest BCUT2D eigenvalue weighted by atomic mass is 19.1. The van der Waals surface area contributed by atoms with Crippen molar-refractivity contribution in [3.8, 4) is 5.75 Å². The van der Waals surface area contributed by atoms with Gasteiger partial charge in [-0.3, -0.25) is 4.79 Å². The topological polar surface area (TPSA) is 63.6 Å². The molecule has 1 unspecified atom stereocenters. The molecule has 1 aromatic carbocycles. The molecule has 106 valence electrons. The third-order valence-corrected chi connectivity index (χ3v) is 3.28. The number of carbonyl (C=O) groups excluding carboxylic acids is 1. The molecule has 1 aromatic rings. The zero-order chi connectivity index (χ0) is 14.9. The first-order chi connectivity index (χ1) is 9.43. The quantitative estimate of drug-likeness (QED) is 0.680. The van der Waals surface area contributed by atoms with Crippen molar-refractivity contribution in [3.63, 3.8) is 0 Å². The van der Waals surface area contributed by atoms with Crippen LogP contribution in [0.5, 0.6) is 5.75 Å². The lowest BCUT2D eigenvalue weighted by Gasteiger charge is -2.26. The van der Waals surface area contributed by atoms with Crippen LogP contribution >= 0.6 is 0 Å². The van der Waals surface area contributed by atoms with Crippen molar-refractivity contribution in [3.05, 3.63) is 40.9 Å². The molecule has 0 saturated heterocycles. The number of aliphatic carboxylic acids is 1. The summed E-state index contributed by atoms with van der Waals surface area (Å²) < 4.78 is 19.4. The maximum Gasteiger partial charge on any atom is 0.331 e. The van der Waals surface area contributed by atoms with E-state index in [1.54, 1.807) is 13.8 Å². The highest BCUT2D eigenvalue weighted by molar-refractivity contribution is 5.99. The van der Waals surface area contributed by atoms with Gasteiger partial charge in [0.25, 0.3) is 0 Å². The summed E-state index contributed by atoms with van der Waals surface area (Å²) in [5.41, 5.74) is 0.638. The van der Waals surface area contributed by atoms with Crippen molar-refractivity contribution in [2.75, 3.05) is 0 Å². The Hall–Kier alpha value is -2.17. The smallest absolute Gasteiger partial charge is 0.331 e. The molecule has 0 saturated carbocycles. The van der Waals surface area contributed by atoms with E-state index >= 15 is 0 Å². The summed E-state index contributed by atoms with van der Waals surface area (Å²) in [5.74, 6) is -1.58. The van der Waals surface area contributed by atoms with E-state index in [0.29, 0.717) is 17.5 Å². The summed E-state index contributed by atoms with van der Waals surface area (Å²) in [6, 6.07) is 2.64. The molecule has 1 heterocycles. The maximum atomic E-state index is 13.9. The minimum atomic E-state index is -1.13. The van der Waals surface area contributed by atoms with Crippen LogP contribution in [0, 0.1) is 5.82 Å². The summed E-state index contributed by atoms with van der Waals surface area (Å²) in [6.07, 6.45) is 1.51. The molecule has 20 heavy (non-hydrogen) atoms. The first-order valence-electron chi connectivity index (χ1n) is 6.41. The summed E-state index contributed by atoms with van der Waals surface area (Å²) in [5, 5.41) is 8.78. The van der Waals surface area contributed by atoms with E-state index in [1.807, 2.05) is 0 Å². The molecular weight excluding hydrogens is 263 g/mol. The number of carboxylic acids is 1. The number of hydrogen-bond acceptors (Lipinski definition) is 3. The Balaban J connectivity index is 2.57. The Labute approximate surface area is 115 Å². The molecule has 0 amide bonds. The van der Waals surface area contributed by atoms with Crippen LogP contribution in [0.4, 0.5) is 4.39 Å². The zero-order valence-corrected chi connectivity index (χ0v) is 11.3. The van der Waals surface area contributed by atoms with Crippen LogP contribution in [0.15, 0.2) is 24.0 Å². The zero-order valence-electron chi connectivity index (χ0n) is 11.3. The minimum absolute atomic E-state index is 0.156. The van der Waals surface area contributed by atoms with Crippen molar-refractivity contribution in [1.82, 2.24) is 0 Å². The van der Waals surface area contributed by atoms with Crippen molar-refractivity contribution < 1.29 is 23.8 Å². The van der Waals surface area contributed by atoms with Gasteiger partial charge in [-0.25, -0.2) is 9.18 Å². The molecule has 1 atom stereocenters. The van der Waals surface area contributed by atoms with Crippen LogP contribution in [0.2, 0.25) is 0 Å². The van der Waals surface area contributed by atoms with Gasteiger partial charge in [0.05, 0.1) is 11.6 Å². The lowest BCUT2D eigenvalue weighted by Crippen LogP contribution is -2.16. The molecule has 0 fully saturated rings. The molecule has 0 aromatic heterocycles. The van der Waals surface area contributed by atoms with Crippen LogP contribution in [0.1, 0.15) is 48.5 Å². The first-order valence-corrected chi connectivity index (χ1v) is 6.41. The molecule has 1 aliphatic rings. The largest absolute Gasteiger partial charge is 0.478 e. The van der Waals surface area contributed by atoms with Gasteiger partial charge >= 0.3 is 5.97 Å². The molecule has 0 spiro atoms. The fourth-order valence-electron chi connectivity index (χ4n) is 2.36. The highest BCUT2D eigenvalue weighted by Gasteiger charge is 2.29. The Kier molecular flexibility index (Phi) is 3.88. The molecule has 5 heteroatoms. The number of carbonyl (C=O) groups is 2. The number of halogens is 1. The van der Waals surface area contributed by atoms with E-state index in [-0.39, 0.29) is 29.6 Å². The average Bonchev–Trinajstić information content (AvgIpc) is 2.37. The predicted molar refractivity (Wildman–Crippen MR) is 70.4 cm³/mol. The van der Waals surface area contributed by atoms with Gasteiger partial charge in [0.1, 0.15) is 17.3 Å². The minimum Gasteiger partial charge on any atom is -0.478 e. The molecule has 1 N–H and O–H groups in total. The fraction of sp³-hybridized carbons (Fsp3) is 0.333. The van der Waals surface area contributed by atoms with Crippen molar-refractivity contribution in [1.29, 1.82) is 0 Å². The van der Waals surface area contributed by atoms with Gasteiger partial charge in [-0.2, -0.15) is 0 Å². The average molecular weight is 278 g/mol. The normalized spacial score (nSPS) is 19.4. The maximum absolute atomic E-state index is 13.9. The summed E-state index contributed by atoms with van der Waals surface area (Å²) in [7, 11) is 0. The Morgan fingerprint density at radius 1 is 1.50 bits per heavy atom. The molecule has 1 aliphatic heterocycles. The number of allylic oxidation sites excluding steroid dienone is 1. The standard InChI is InChI=1S/C15H15FO4/c1-3-12(17)10-4-5-11(16)14-8(2)6-9(7-13(18)19)20-15(10)14/h4-5,7-8H,3,6H2,1-2H3,(H,18,19)/b9-7-. The molecule has 0 aliphatic carbocycles. The predicted octanol–water partition coefficient (Wildman–Crippen LogP) is 3.27. The molecular formula is C15H15FO4. The van der Waals surface area contributed by atoms with Gasteiger partial charge in [0, 0.05) is 18.4 Å². The summed E-state index contributed by atoms with van der Waals surface area (Å²) >= 11 is 0. The number of ketones is 1. The van der Waals surface area contributed by atoms with E-state index < -0.39 is 11.8 Å². The van der Waals surface area contributed by atoms with Crippen molar-refractivity contribution in [2.24, 2.45) is 0 Å². The Bertz CT molecular complexity index is 604. The van der Waals surface area contributed by atoms with Gasteiger partial charge in [0.15, 0.2) is 5.78 Å². The van der Waals surface area contributed by atoms with E-state index in [4.69, 9.17) is 9.84 Å². The lowest BCUT2D eigenvalue weighted by atomic mass is 9.89. The van der Waals surface area contributed by atoms with E-state index in [9.17, 15) is 14.0 Å². The van der Waals surface area contributed by atoms with E-state index in [1.165, 1.54) is 12.1 Å². The second-order valence-electron chi connectivity index (χ2n) is 4.77. The van der Waals surface area contributed by atoms with Crippen LogP contribution in [0.3, 0.4) is 0 Å². The second-order valence-corrected chi connectivity index (χ2v) is 4.77. The van der Waals surface area contributed by atoms with Gasteiger partial charge in [-0.15, -0.1) is 0 Å². The lowest BCUT2D eigenvalue weighted by molar-refractivity contribution is -0.131. The number of benzene rings is 1. The van der Waals surface area contributed by atoms with Crippen molar-refractivity contribution in [2.45, 2.75) is 32.6 Å². The third-order valence-electron chi connectivity index (χ3n) is 3.28. The van der Waals surface area contributed by atoms with E-state index in [2.05, 4.69) is 0 Å². The fourth-order valence-corrected chi connectivity index (χ4v) is 2.36. The number of fused-ring (bicyclic) bond motifs is 1. The molecule has 0 bridgehead atoms. The van der Waals surface area contributed by atoms with Crippen LogP contribution in [-0.2, 0) is 4.79 Å². The van der Waals surface area contributed by atoms with Crippen LogP contribution in [0.25, 0.3) is 0 Å². The van der Waals surface area contributed by atoms with Gasteiger partial charge in [-0.05, 0) is 18.1 Å². The molecule has 4 nitrogen and oxygen atoms in total. The SMILES string of the molecule is CCC(=O)c1ccc(F)c2c1O/C(=C\C(=O)O)CC2C. The number of hydrogen-bond donors (Lipinski definition) is 1. The first kappa shape index (κ1) is 14.2. The molecule has 0 radical (unpaired) electrons. The number of rotatable bonds is 3. The van der Waals surface area contributed by atoms with E-state index in [0.717, 1.165) is 6.08 Å². The summed E-state index contributed by atoms with van der Waals surface area (Å²) in [6.45, 7) is 3.48. The number of carboxylic acid groups (broad SMARTS) is 1. The molecule has 2 rings (SSSR count). The highest BCUT2D eigenvalue weighted by Crippen LogP contribution is 2.41. The Morgan fingerprint density at radius 2 is 2.20 bits per heavy atom. The second kappa shape index (κ2) is 5.45. The van der Waals surface area contributed by atoms with Crippen LogP contribution < -0.4 is 4.74 Å². The monoisotopic (exact) mass is 278 g/mol. The van der Waals surface area contributed by atoms with Gasteiger partial charge in [0.2, 0.25) is 0 Å².